The Morgan fingerprint density at radius 1 is 1.50 bits per heavy atom. The van der Waals surface area contributed by atoms with Crippen LogP contribution >= 0.6 is 0 Å². The Kier molecular flexibility index (Phi) is 2.45. The number of rotatable bonds is 2. The zero-order valence-corrected chi connectivity index (χ0v) is 8.55. The van der Waals surface area contributed by atoms with Gasteiger partial charge in [0.25, 0.3) is 0 Å². The lowest BCUT2D eigenvalue weighted by atomic mass is 9.69. The first kappa shape index (κ1) is 9.56. The molecular weight excluding hydrogens is 150 g/mol. The lowest BCUT2D eigenvalue weighted by Gasteiger charge is -2.52. The molecular formula is C10H19NO. The number of hydrogen-bond donors (Lipinski definition) is 0. The minimum Gasteiger partial charge on any atom is -0.342 e. The van der Waals surface area contributed by atoms with Gasteiger partial charge in [0.05, 0.1) is 0 Å². The highest BCUT2D eigenvalue weighted by atomic mass is 16.2. The van der Waals surface area contributed by atoms with Gasteiger partial charge in [0.15, 0.2) is 0 Å². The number of nitrogens with zero attached hydrogens (tertiary/aromatic N) is 1. The highest BCUT2D eigenvalue weighted by molar-refractivity contribution is 5.74. The summed E-state index contributed by atoms with van der Waals surface area (Å²) in [4.78, 5) is 12.9. The summed E-state index contributed by atoms with van der Waals surface area (Å²) in [6.07, 6.45) is 1.19. The number of carbonyl (C=O) groups is 1. The molecule has 0 unspecified atom stereocenters. The van der Waals surface area contributed by atoms with E-state index in [-0.39, 0.29) is 5.91 Å². The molecule has 1 aliphatic heterocycles. The molecule has 2 heteroatoms. The van der Waals surface area contributed by atoms with Crippen LogP contribution < -0.4 is 0 Å². The van der Waals surface area contributed by atoms with Crippen molar-refractivity contribution in [3.63, 3.8) is 0 Å². The van der Waals surface area contributed by atoms with Crippen LogP contribution in [0.2, 0.25) is 0 Å². The number of amides is 1. The maximum atomic E-state index is 11.0. The Labute approximate surface area is 74.9 Å². The van der Waals surface area contributed by atoms with Gasteiger partial charge in [0.2, 0.25) is 5.91 Å². The van der Waals surface area contributed by atoms with Crippen LogP contribution in [0.4, 0.5) is 0 Å². The molecule has 1 aliphatic rings. The van der Waals surface area contributed by atoms with E-state index >= 15 is 0 Å². The summed E-state index contributed by atoms with van der Waals surface area (Å²) in [6, 6.07) is 0. The van der Waals surface area contributed by atoms with Crippen LogP contribution in [-0.2, 0) is 4.79 Å². The molecule has 0 aromatic heterocycles. The van der Waals surface area contributed by atoms with Gasteiger partial charge in [0, 0.05) is 25.4 Å². The summed E-state index contributed by atoms with van der Waals surface area (Å²) >= 11 is 0. The van der Waals surface area contributed by atoms with Crippen LogP contribution in [0.25, 0.3) is 0 Å². The fourth-order valence-electron chi connectivity index (χ4n) is 1.93. The normalized spacial score (nSPS) is 20.9. The van der Waals surface area contributed by atoms with Crippen LogP contribution in [0.3, 0.4) is 0 Å². The Bertz CT molecular complexity index is 180. The molecule has 1 heterocycles. The summed E-state index contributed by atoms with van der Waals surface area (Å²) < 4.78 is 0. The van der Waals surface area contributed by atoms with Crippen LogP contribution in [0.1, 0.15) is 34.1 Å². The summed E-state index contributed by atoms with van der Waals surface area (Å²) in [5.74, 6) is 0.915. The predicted molar refractivity (Wildman–Crippen MR) is 49.8 cm³/mol. The highest BCUT2D eigenvalue weighted by Gasteiger charge is 2.44. The molecule has 0 saturated carbocycles. The lowest BCUT2D eigenvalue weighted by molar-refractivity contribution is -0.144. The highest BCUT2D eigenvalue weighted by Crippen LogP contribution is 2.40. The van der Waals surface area contributed by atoms with Crippen molar-refractivity contribution < 1.29 is 4.79 Å². The fraction of sp³-hybridized carbons (Fsp3) is 0.900. The van der Waals surface area contributed by atoms with E-state index in [1.165, 1.54) is 6.42 Å². The maximum Gasteiger partial charge on any atom is 0.219 e. The van der Waals surface area contributed by atoms with Crippen LogP contribution in [-0.4, -0.2) is 23.9 Å². The third-order valence-corrected chi connectivity index (χ3v) is 3.39. The van der Waals surface area contributed by atoms with E-state index in [0.717, 1.165) is 13.1 Å². The average Bonchev–Trinajstić information content (AvgIpc) is 1.84. The molecule has 0 atom stereocenters. The van der Waals surface area contributed by atoms with Gasteiger partial charge in [-0.05, 0) is 12.3 Å². The van der Waals surface area contributed by atoms with Gasteiger partial charge in [-0.3, -0.25) is 4.79 Å². The first-order chi connectivity index (χ1) is 5.52. The molecule has 0 aliphatic carbocycles. The van der Waals surface area contributed by atoms with Crippen molar-refractivity contribution in [1.29, 1.82) is 0 Å². The molecule has 1 fully saturated rings. The second-order valence-electron chi connectivity index (χ2n) is 4.25. The second-order valence-corrected chi connectivity index (χ2v) is 4.25. The zero-order chi connectivity index (χ0) is 9.35. The first-order valence-electron chi connectivity index (χ1n) is 4.77. The van der Waals surface area contributed by atoms with Crippen molar-refractivity contribution in [2.45, 2.75) is 34.1 Å². The van der Waals surface area contributed by atoms with Crippen molar-refractivity contribution >= 4 is 5.91 Å². The van der Waals surface area contributed by atoms with Gasteiger partial charge in [0.1, 0.15) is 0 Å². The SMILES string of the molecule is CCC1(C(C)C)CN(C(C)=O)C1. The largest absolute Gasteiger partial charge is 0.342 e. The molecule has 1 amide bonds. The van der Waals surface area contributed by atoms with Crippen molar-refractivity contribution in [1.82, 2.24) is 4.90 Å². The molecule has 12 heavy (non-hydrogen) atoms. The van der Waals surface area contributed by atoms with Crippen LogP contribution in [0.15, 0.2) is 0 Å². The van der Waals surface area contributed by atoms with Gasteiger partial charge in [-0.1, -0.05) is 20.8 Å². The van der Waals surface area contributed by atoms with E-state index in [0.29, 0.717) is 11.3 Å². The van der Waals surface area contributed by atoms with Crippen molar-refractivity contribution in [3.05, 3.63) is 0 Å². The van der Waals surface area contributed by atoms with Gasteiger partial charge < -0.3 is 4.90 Å². The third-order valence-electron chi connectivity index (χ3n) is 3.39. The molecule has 2 nitrogen and oxygen atoms in total. The second kappa shape index (κ2) is 3.08. The molecule has 0 bridgehead atoms. The van der Waals surface area contributed by atoms with Crippen molar-refractivity contribution in [2.24, 2.45) is 11.3 Å². The van der Waals surface area contributed by atoms with Gasteiger partial charge >= 0.3 is 0 Å². The smallest absolute Gasteiger partial charge is 0.219 e. The topological polar surface area (TPSA) is 20.3 Å². The summed E-state index contributed by atoms with van der Waals surface area (Å²) in [5, 5.41) is 0. The Morgan fingerprint density at radius 2 is 2.00 bits per heavy atom. The predicted octanol–water partition coefficient (Wildman–Crippen LogP) is 1.90. The monoisotopic (exact) mass is 169 g/mol. The van der Waals surface area contributed by atoms with E-state index in [1.54, 1.807) is 6.92 Å². The standard InChI is InChI=1S/C10H19NO/c1-5-10(8(2)3)6-11(7-10)9(4)12/h8H,5-7H2,1-4H3. The van der Waals surface area contributed by atoms with Crippen LogP contribution in [0.5, 0.6) is 0 Å². The van der Waals surface area contributed by atoms with Crippen molar-refractivity contribution in [2.75, 3.05) is 13.1 Å². The van der Waals surface area contributed by atoms with E-state index in [1.807, 2.05) is 4.90 Å². The third kappa shape index (κ3) is 1.35. The number of carbonyl (C=O) groups excluding carboxylic acids is 1. The first-order valence-corrected chi connectivity index (χ1v) is 4.77. The van der Waals surface area contributed by atoms with E-state index in [9.17, 15) is 4.79 Å². The van der Waals surface area contributed by atoms with Crippen LogP contribution in [0, 0.1) is 11.3 Å². The molecule has 0 spiro atoms. The van der Waals surface area contributed by atoms with E-state index < -0.39 is 0 Å². The molecule has 0 aromatic carbocycles. The molecule has 1 rings (SSSR count). The molecule has 0 radical (unpaired) electrons. The van der Waals surface area contributed by atoms with Gasteiger partial charge in [-0.2, -0.15) is 0 Å². The van der Waals surface area contributed by atoms with Gasteiger partial charge in [-0.15, -0.1) is 0 Å². The fourth-order valence-corrected chi connectivity index (χ4v) is 1.93. The van der Waals surface area contributed by atoms with Gasteiger partial charge in [-0.25, -0.2) is 0 Å². The molecule has 1 saturated heterocycles. The Balaban J connectivity index is 2.52. The Morgan fingerprint density at radius 3 is 2.25 bits per heavy atom. The summed E-state index contributed by atoms with van der Waals surface area (Å²) in [7, 11) is 0. The minimum absolute atomic E-state index is 0.222. The quantitative estimate of drug-likeness (QED) is 0.618. The zero-order valence-electron chi connectivity index (χ0n) is 8.55. The molecule has 0 aromatic rings. The number of likely N-dealkylation sites (tertiary alicyclic amines) is 1. The summed E-state index contributed by atoms with van der Waals surface area (Å²) in [5.41, 5.74) is 0.422. The maximum absolute atomic E-state index is 11.0. The Hall–Kier alpha value is -0.530. The van der Waals surface area contributed by atoms with E-state index in [4.69, 9.17) is 0 Å². The molecule has 70 valence electrons. The van der Waals surface area contributed by atoms with Crippen molar-refractivity contribution in [3.8, 4) is 0 Å². The molecule has 0 N–H and O–H groups in total. The average molecular weight is 169 g/mol. The summed E-state index contributed by atoms with van der Waals surface area (Å²) in [6.45, 7) is 10.3. The van der Waals surface area contributed by atoms with E-state index in [2.05, 4.69) is 20.8 Å². The minimum atomic E-state index is 0.222. The number of hydrogen-bond acceptors (Lipinski definition) is 1. The lowest BCUT2D eigenvalue weighted by Crippen LogP contribution is -2.59.